The van der Waals surface area contributed by atoms with Gasteiger partial charge in [0.15, 0.2) is 0 Å². The standard InChI is InChI=1S/C26H31N3O/c1-27(2)23-11-8-9-21(19-23)15-16-28(3)17-18-29-24-12-5-4-10-22(24)20-30-26-14-7-6-13-25(26)29/h4-14,19H,15-18,20H2,1-3H3. The number of likely N-dealkylation sites (N-methyl/N-ethyl adjacent to an activating group) is 1. The molecule has 0 fully saturated rings. The van der Waals surface area contributed by atoms with Crippen LogP contribution in [0.15, 0.2) is 72.8 Å². The monoisotopic (exact) mass is 401 g/mol. The molecular formula is C26H31N3O. The van der Waals surface area contributed by atoms with Crippen molar-refractivity contribution in [2.24, 2.45) is 0 Å². The number of nitrogens with zero attached hydrogens (tertiary/aromatic N) is 3. The van der Waals surface area contributed by atoms with Crippen LogP contribution < -0.4 is 14.5 Å². The van der Waals surface area contributed by atoms with E-state index in [1.807, 2.05) is 6.07 Å². The maximum absolute atomic E-state index is 6.09. The molecule has 0 radical (unpaired) electrons. The number of rotatable bonds is 7. The second-order valence-corrected chi connectivity index (χ2v) is 8.15. The van der Waals surface area contributed by atoms with Crippen LogP contribution in [0.2, 0.25) is 0 Å². The molecule has 0 bridgehead atoms. The van der Waals surface area contributed by atoms with Gasteiger partial charge in [-0.2, -0.15) is 0 Å². The van der Waals surface area contributed by atoms with Crippen molar-refractivity contribution in [1.82, 2.24) is 4.90 Å². The summed E-state index contributed by atoms with van der Waals surface area (Å²) in [5.41, 5.74) is 6.26. The highest BCUT2D eigenvalue weighted by Gasteiger charge is 2.21. The van der Waals surface area contributed by atoms with Crippen LogP contribution in [0.4, 0.5) is 17.1 Å². The molecule has 1 aliphatic heterocycles. The molecule has 4 nitrogen and oxygen atoms in total. The molecule has 1 heterocycles. The normalized spacial score (nSPS) is 12.7. The molecule has 0 N–H and O–H groups in total. The van der Waals surface area contributed by atoms with E-state index in [2.05, 4.69) is 103 Å². The van der Waals surface area contributed by atoms with E-state index in [0.29, 0.717) is 6.61 Å². The van der Waals surface area contributed by atoms with Gasteiger partial charge in [-0.05, 0) is 49.4 Å². The molecule has 3 aromatic carbocycles. The molecule has 0 aliphatic carbocycles. The van der Waals surface area contributed by atoms with Gasteiger partial charge in [0.2, 0.25) is 0 Å². The molecule has 4 heteroatoms. The first-order valence-corrected chi connectivity index (χ1v) is 10.6. The van der Waals surface area contributed by atoms with Crippen LogP contribution in [0.5, 0.6) is 5.75 Å². The zero-order valence-corrected chi connectivity index (χ0v) is 18.2. The first kappa shape index (κ1) is 20.3. The quantitative estimate of drug-likeness (QED) is 0.557. The molecule has 0 spiro atoms. The smallest absolute Gasteiger partial charge is 0.143 e. The molecular weight excluding hydrogens is 370 g/mol. The maximum atomic E-state index is 6.09. The molecule has 0 saturated carbocycles. The van der Waals surface area contributed by atoms with Gasteiger partial charge in [0.25, 0.3) is 0 Å². The first-order chi connectivity index (χ1) is 14.6. The summed E-state index contributed by atoms with van der Waals surface area (Å²) in [6.07, 6.45) is 1.05. The summed E-state index contributed by atoms with van der Waals surface area (Å²) >= 11 is 0. The van der Waals surface area contributed by atoms with Crippen LogP contribution in [-0.2, 0) is 13.0 Å². The minimum Gasteiger partial charge on any atom is -0.487 e. The molecule has 30 heavy (non-hydrogen) atoms. The van der Waals surface area contributed by atoms with Crippen LogP contribution >= 0.6 is 0 Å². The van der Waals surface area contributed by atoms with Gasteiger partial charge in [-0.25, -0.2) is 0 Å². The molecule has 0 saturated heterocycles. The number of ether oxygens (including phenoxy) is 1. The number of hydrogen-bond acceptors (Lipinski definition) is 4. The minimum atomic E-state index is 0.613. The number of hydrogen-bond donors (Lipinski definition) is 0. The third-order valence-corrected chi connectivity index (χ3v) is 5.74. The highest BCUT2D eigenvalue weighted by atomic mass is 16.5. The van der Waals surface area contributed by atoms with Crippen LogP contribution in [0.3, 0.4) is 0 Å². The Morgan fingerprint density at radius 3 is 2.43 bits per heavy atom. The van der Waals surface area contributed by atoms with Crippen molar-refractivity contribution < 1.29 is 4.74 Å². The third-order valence-electron chi connectivity index (χ3n) is 5.74. The predicted molar refractivity (Wildman–Crippen MR) is 126 cm³/mol. The molecule has 1 aliphatic rings. The highest BCUT2D eigenvalue weighted by Crippen LogP contribution is 2.38. The Bertz CT molecular complexity index is 938. The van der Waals surface area contributed by atoms with E-state index in [1.54, 1.807) is 0 Å². The van der Waals surface area contributed by atoms with E-state index >= 15 is 0 Å². The van der Waals surface area contributed by atoms with Crippen molar-refractivity contribution in [2.75, 3.05) is 50.6 Å². The van der Waals surface area contributed by atoms with E-state index < -0.39 is 0 Å². The summed E-state index contributed by atoms with van der Waals surface area (Å²) in [4.78, 5) is 6.98. The number of fused-ring (bicyclic) bond motifs is 2. The first-order valence-electron chi connectivity index (χ1n) is 10.6. The predicted octanol–water partition coefficient (Wildman–Crippen LogP) is 4.96. The fourth-order valence-electron chi connectivity index (χ4n) is 3.92. The molecule has 0 unspecified atom stereocenters. The molecule has 4 rings (SSSR count). The Hall–Kier alpha value is -2.98. The van der Waals surface area contributed by atoms with Gasteiger partial charge in [-0.1, -0.05) is 42.5 Å². The second-order valence-electron chi connectivity index (χ2n) is 8.15. The van der Waals surface area contributed by atoms with Crippen molar-refractivity contribution in [3.63, 3.8) is 0 Å². The van der Waals surface area contributed by atoms with Crippen molar-refractivity contribution in [1.29, 1.82) is 0 Å². The maximum Gasteiger partial charge on any atom is 0.143 e. The largest absolute Gasteiger partial charge is 0.487 e. The zero-order valence-electron chi connectivity index (χ0n) is 18.2. The molecule has 156 valence electrons. The van der Waals surface area contributed by atoms with E-state index in [4.69, 9.17) is 4.74 Å². The van der Waals surface area contributed by atoms with E-state index in [1.165, 1.54) is 22.5 Å². The Balaban J connectivity index is 1.44. The molecule has 0 atom stereocenters. The highest BCUT2D eigenvalue weighted by molar-refractivity contribution is 5.72. The minimum absolute atomic E-state index is 0.613. The van der Waals surface area contributed by atoms with Gasteiger partial charge >= 0.3 is 0 Å². The Kier molecular flexibility index (Phi) is 6.24. The summed E-state index contributed by atoms with van der Waals surface area (Å²) in [5, 5.41) is 0. The fraction of sp³-hybridized carbons (Fsp3) is 0.308. The average Bonchev–Trinajstić information content (AvgIpc) is 2.93. The van der Waals surface area contributed by atoms with Crippen molar-refractivity contribution in [3.8, 4) is 5.75 Å². The zero-order chi connectivity index (χ0) is 20.9. The van der Waals surface area contributed by atoms with Gasteiger partial charge in [0.05, 0.1) is 5.69 Å². The van der Waals surface area contributed by atoms with Crippen LogP contribution in [0, 0.1) is 0 Å². The summed E-state index contributed by atoms with van der Waals surface area (Å²) in [6, 6.07) is 25.7. The Morgan fingerprint density at radius 2 is 1.60 bits per heavy atom. The van der Waals surface area contributed by atoms with Gasteiger partial charge in [0, 0.05) is 50.7 Å². The number of anilines is 3. The topological polar surface area (TPSA) is 19.0 Å². The summed E-state index contributed by atoms with van der Waals surface area (Å²) in [6.45, 7) is 3.55. The van der Waals surface area contributed by atoms with Gasteiger partial charge < -0.3 is 19.4 Å². The third kappa shape index (κ3) is 4.60. The van der Waals surface area contributed by atoms with E-state index in [9.17, 15) is 0 Å². The lowest BCUT2D eigenvalue weighted by molar-refractivity contribution is 0.310. The lowest BCUT2D eigenvalue weighted by Gasteiger charge is -2.28. The second kappa shape index (κ2) is 9.23. The average molecular weight is 402 g/mol. The summed E-state index contributed by atoms with van der Waals surface area (Å²) < 4.78 is 6.09. The summed E-state index contributed by atoms with van der Waals surface area (Å²) in [5.74, 6) is 0.955. The Labute approximate surface area is 180 Å². The van der Waals surface area contributed by atoms with Crippen molar-refractivity contribution in [3.05, 3.63) is 83.9 Å². The van der Waals surface area contributed by atoms with Crippen LogP contribution in [-0.4, -0.2) is 45.7 Å². The number of para-hydroxylation sites is 3. The SMILES string of the molecule is CN(CCc1cccc(N(C)C)c1)CCN1c2ccccc2COc2ccccc21. The molecule has 3 aromatic rings. The van der Waals surface area contributed by atoms with E-state index in [0.717, 1.165) is 37.5 Å². The van der Waals surface area contributed by atoms with Crippen LogP contribution in [0.1, 0.15) is 11.1 Å². The summed E-state index contributed by atoms with van der Waals surface area (Å²) in [7, 11) is 6.39. The number of benzene rings is 3. The van der Waals surface area contributed by atoms with Gasteiger partial charge in [-0.15, -0.1) is 0 Å². The van der Waals surface area contributed by atoms with Crippen molar-refractivity contribution in [2.45, 2.75) is 13.0 Å². The lowest BCUT2D eigenvalue weighted by Crippen LogP contribution is -2.32. The molecule has 0 amide bonds. The Morgan fingerprint density at radius 1 is 0.833 bits per heavy atom. The van der Waals surface area contributed by atoms with Gasteiger partial charge in [-0.3, -0.25) is 0 Å². The van der Waals surface area contributed by atoms with Gasteiger partial charge in [0.1, 0.15) is 12.4 Å². The van der Waals surface area contributed by atoms with E-state index in [-0.39, 0.29) is 0 Å². The fourth-order valence-corrected chi connectivity index (χ4v) is 3.92. The van der Waals surface area contributed by atoms with Crippen molar-refractivity contribution >= 4 is 17.1 Å². The van der Waals surface area contributed by atoms with Crippen LogP contribution in [0.25, 0.3) is 0 Å². The lowest BCUT2D eigenvalue weighted by atomic mass is 10.1. The molecule has 0 aromatic heterocycles.